The van der Waals surface area contributed by atoms with Crippen LogP contribution in [0.4, 0.5) is 17.1 Å². The SMILES string of the molecule is Cc1cccc(N2CN(C)c3ccncc32)c1C. The smallest absolute Gasteiger partial charge is 0.0950 e. The van der Waals surface area contributed by atoms with Gasteiger partial charge in [0.05, 0.1) is 24.2 Å². The van der Waals surface area contributed by atoms with E-state index in [0.29, 0.717) is 0 Å². The lowest BCUT2D eigenvalue weighted by atomic mass is 10.1. The molecule has 0 radical (unpaired) electrons. The van der Waals surface area contributed by atoms with Crippen LogP contribution in [0.2, 0.25) is 0 Å². The standard InChI is InChI=1S/C15H17N3/c1-11-5-4-6-13(12(11)2)18-10-17(3)14-7-8-16-9-15(14)18/h4-9H,10H2,1-3H3. The zero-order valence-electron chi connectivity index (χ0n) is 11.0. The van der Waals surface area contributed by atoms with Crippen molar-refractivity contribution in [2.45, 2.75) is 13.8 Å². The second-order valence-electron chi connectivity index (χ2n) is 4.85. The van der Waals surface area contributed by atoms with Crippen LogP contribution in [-0.4, -0.2) is 18.7 Å². The molecule has 0 aliphatic carbocycles. The Kier molecular flexibility index (Phi) is 2.47. The maximum absolute atomic E-state index is 4.25. The molecule has 0 spiro atoms. The number of fused-ring (bicyclic) bond motifs is 1. The summed E-state index contributed by atoms with van der Waals surface area (Å²) in [5.41, 5.74) is 6.36. The minimum Gasteiger partial charge on any atom is -0.355 e. The van der Waals surface area contributed by atoms with Crippen molar-refractivity contribution >= 4 is 17.1 Å². The number of aryl methyl sites for hydroxylation is 1. The van der Waals surface area contributed by atoms with E-state index in [4.69, 9.17) is 0 Å². The molecule has 3 heteroatoms. The molecule has 0 fully saturated rings. The molecule has 0 saturated carbocycles. The maximum atomic E-state index is 4.25. The fourth-order valence-electron chi connectivity index (χ4n) is 2.51. The first-order valence-electron chi connectivity index (χ1n) is 6.17. The van der Waals surface area contributed by atoms with Crippen molar-refractivity contribution in [1.82, 2.24) is 4.98 Å². The number of rotatable bonds is 1. The van der Waals surface area contributed by atoms with Gasteiger partial charge in [-0.1, -0.05) is 12.1 Å². The molecule has 92 valence electrons. The largest absolute Gasteiger partial charge is 0.355 e. The van der Waals surface area contributed by atoms with E-state index < -0.39 is 0 Å². The summed E-state index contributed by atoms with van der Waals surface area (Å²) < 4.78 is 0. The van der Waals surface area contributed by atoms with Gasteiger partial charge in [-0.3, -0.25) is 4.98 Å². The van der Waals surface area contributed by atoms with E-state index in [1.54, 1.807) is 0 Å². The first-order valence-corrected chi connectivity index (χ1v) is 6.17. The van der Waals surface area contributed by atoms with Crippen LogP contribution in [0.15, 0.2) is 36.7 Å². The van der Waals surface area contributed by atoms with E-state index in [1.807, 2.05) is 12.4 Å². The van der Waals surface area contributed by atoms with Gasteiger partial charge in [0.25, 0.3) is 0 Å². The van der Waals surface area contributed by atoms with E-state index in [1.165, 1.54) is 28.2 Å². The first kappa shape index (κ1) is 11.1. The molecule has 0 N–H and O–H groups in total. The molecular weight excluding hydrogens is 222 g/mol. The number of benzene rings is 1. The Morgan fingerprint density at radius 3 is 2.72 bits per heavy atom. The van der Waals surface area contributed by atoms with Crippen molar-refractivity contribution in [2.24, 2.45) is 0 Å². The highest BCUT2D eigenvalue weighted by Gasteiger charge is 2.25. The molecule has 0 bridgehead atoms. The molecule has 0 saturated heterocycles. The highest BCUT2D eigenvalue weighted by Crippen LogP contribution is 2.40. The van der Waals surface area contributed by atoms with Gasteiger partial charge in [-0.05, 0) is 37.1 Å². The van der Waals surface area contributed by atoms with Crippen LogP contribution in [0.3, 0.4) is 0 Å². The monoisotopic (exact) mass is 239 g/mol. The van der Waals surface area contributed by atoms with Crippen molar-refractivity contribution < 1.29 is 0 Å². The Balaban J connectivity index is 2.12. The van der Waals surface area contributed by atoms with Gasteiger partial charge in [0.1, 0.15) is 0 Å². The van der Waals surface area contributed by atoms with E-state index in [-0.39, 0.29) is 0 Å². The van der Waals surface area contributed by atoms with Crippen LogP contribution in [0, 0.1) is 13.8 Å². The van der Waals surface area contributed by atoms with Gasteiger partial charge in [0, 0.05) is 18.9 Å². The molecule has 18 heavy (non-hydrogen) atoms. The summed E-state index contributed by atoms with van der Waals surface area (Å²) in [6.07, 6.45) is 3.79. The lowest BCUT2D eigenvalue weighted by molar-refractivity contribution is 0.944. The number of aromatic nitrogens is 1. The van der Waals surface area contributed by atoms with Gasteiger partial charge in [-0.15, -0.1) is 0 Å². The molecule has 2 heterocycles. The molecule has 3 rings (SSSR count). The zero-order valence-corrected chi connectivity index (χ0v) is 11.0. The van der Waals surface area contributed by atoms with Gasteiger partial charge in [-0.25, -0.2) is 0 Å². The number of nitrogens with zero attached hydrogens (tertiary/aromatic N) is 3. The second kappa shape index (κ2) is 4.02. The minimum absolute atomic E-state index is 0.880. The van der Waals surface area contributed by atoms with Gasteiger partial charge in [-0.2, -0.15) is 0 Å². The van der Waals surface area contributed by atoms with E-state index in [0.717, 1.165) is 6.67 Å². The number of hydrogen-bond acceptors (Lipinski definition) is 3. The number of anilines is 3. The summed E-state index contributed by atoms with van der Waals surface area (Å²) in [5, 5.41) is 0. The van der Waals surface area contributed by atoms with Crippen molar-refractivity contribution in [3.63, 3.8) is 0 Å². The van der Waals surface area contributed by atoms with Crippen LogP contribution in [-0.2, 0) is 0 Å². The molecule has 0 amide bonds. The second-order valence-corrected chi connectivity index (χ2v) is 4.85. The van der Waals surface area contributed by atoms with Crippen LogP contribution in [0.25, 0.3) is 0 Å². The van der Waals surface area contributed by atoms with Crippen LogP contribution >= 0.6 is 0 Å². The van der Waals surface area contributed by atoms with Gasteiger partial charge < -0.3 is 9.80 Å². The van der Waals surface area contributed by atoms with Crippen LogP contribution in [0.5, 0.6) is 0 Å². The van der Waals surface area contributed by atoms with E-state index >= 15 is 0 Å². The third-order valence-electron chi connectivity index (χ3n) is 3.70. The van der Waals surface area contributed by atoms with Crippen molar-refractivity contribution in [2.75, 3.05) is 23.5 Å². The van der Waals surface area contributed by atoms with Crippen molar-refractivity contribution in [3.8, 4) is 0 Å². The summed E-state index contributed by atoms with van der Waals surface area (Å²) in [6, 6.07) is 8.52. The number of hydrogen-bond donors (Lipinski definition) is 0. The third-order valence-corrected chi connectivity index (χ3v) is 3.70. The molecule has 1 aliphatic rings. The highest BCUT2D eigenvalue weighted by atomic mass is 15.4. The Bertz CT molecular complexity index is 592. The maximum Gasteiger partial charge on any atom is 0.0950 e. The molecule has 3 nitrogen and oxygen atoms in total. The summed E-state index contributed by atoms with van der Waals surface area (Å²) in [5.74, 6) is 0. The van der Waals surface area contributed by atoms with E-state index in [2.05, 4.69) is 59.9 Å². The molecule has 1 aromatic heterocycles. The zero-order chi connectivity index (χ0) is 12.7. The Hall–Kier alpha value is -2.03. The molecular formula is C15H17N3. The van der Waals surface area contributed by atoms with Crippen LogP contribution < -0.4 is 9.80 Å². The predicted molar refractivity (Wildman–Crippen MR) is 75.6 cm³/mol. The topological polar surface area (TPSA) is 19.4 Å². The minimum atomic E-state index is 0.880. The van der Waals surface area contributed by atoms with Crippen molar-refractivity contribution in [1.29, 1.82) is 0 Å². The lowest BCUT2D eigenvalue weighted by Crippen LogP contribution is -2.24. The molecule has 0 unspecified atom stereocenters. The summed E-state index contributed by atoms with van der Waals surface area (Å²) in [4.78, 5) is 8.82. The molecule has 1 aromatic carbocycles. The normalized spacial score (nSPS) is 13.9. The number of pyridine rings is 1. The van der Waals surface area contributed by atoms with Gasteiger partial charge in [0.15, 0.2) is 0 Å². The first-order chi connectivity index (χ1) is 8.68. The van der Waals surface area contributed by atoms with Gasteiger partial charge in [0.2, 0.25) is 0 Å². The quantitative estimate of drug-likeness (QED) is 0.761. The van der Waals surface area contributed by atoms with Gasteiger partial charge >= 0.3 is 0 Å². The Morgan fingerprint density at radius 2 is 1.89 bits per heavy atom. The Labute approximate surface area is 108 Å². The summed E-state index contributed by atoms with van der Waals surface area (Å²) in [6.45, 7) is 5.22. The summed E-state index contributed by atoms with van der Waals surface area (Å²) >= 11 is 0. The fourth-order valence-corrected chi connectivity index (χ4v) is 2.51. The van der Waals surface area contributed by atoms with E-state index in [9.17, 15) is 0 Å². The molecule has 2 aromatic rings. The fraction of sp³-hybridized carbons (Fsp3) is 0.267. The Morgan fingerprint density at radius 1 is 1.06 bits per heavy atom. The molecule has 0 atom stereocenters. The average Bonchev–Trinajstić information content (AvgIpc) is 2.71. The third kappa shape index (κ3) is 1.55. The highest BCUT2D eigenvalue weighted by molar-refractivity contribution is 5.82. The lowest BCUT2D eigenvalue weighted by Gasteiger charge is -2.22. The average molecular weight is 239 g/mol. The summed E-state index contributed by atoms with van der Waals surface area (Å²) in [7, 11) is 2.12. The van der Waals surface area contributed by atoms with Crippen molar-refractivity contribution in [3.05, 3.63) is 47.8 Å². The predicted octanol–water partition coefficient (Wildman–Crippen LogP) is 3.24. The van der Waals surface area contributed by atoms with Crippen LogP contribution in [0.1, 0.15) is 11.1 Å². The molecule has 1 aliphatic heterocycles.